The lowest BCUT2D eigenvalue weighted by atomic mass is 9.85. The summed E-state index contributed by atoms with van der Waals surface area (Å²) in [5, 5.41) is 24.6. The minimum absolute atomic E-state index is 0.0599. The van der Waals surface area contributed by atoms with Gasteiger partial charge in [0.1, 0.15) is 18.5 Å². The van der Waals surface area contributed by atoms with Crippen LogP contribution in [0.4, 0.5) is 0 Å². The van der Waals surface area contributed by atoms with Gasteiger partial charge in [0.15, 0.2) is 0 Å². The number of rotatable bonds is 8. The summed E-state index contributed by atoms with van der Waals surface area (Å²) < 4.78 is 0. The molecule has 0 bridgehead atoms. The first-order valence-electron chi connectivity index (χ1n) is 12.1. The van der Waals surface area contributed by atoms with Gasteiger partial charge in [-0.05, 0) is 30.4 Å². The number of hydrogen-bond acceptors (Lipinski definition) is 7. The number of nitrogens with zero attached hydrogens (tertiary/aromatic N) is 2. The molecule has 1 aromatic heterocycles. The number of hydrogen-bond donors (Lipinski definition) is 4. The van der Waals surface area contributed by atoms with Crippen LogP contribution in [0.15, 0.2) is 29.8 Å². The molecule has 1 aromatic carbocycles. The first-order chi connectivity index (χ1) is 17.3. The van der Waals surface area contributed by atoms with E-state index in [0.29, 0.717) is 0 Å². The van der Waals surface area contributed by atoms with Crippen molar-refractivity contribution >= 4 is 35.0 Å². The Morgan fingerprint density at radius 2 is 1.81 bits per heavy atom. The van der Waals surface area contributed by atoms with E-state index in [1.54, 1.807) is 37.6 Å². The molecule has 3 rings (SSSR count). The van der Waals surface area contributed by atoms with Crippen molar-refractivity contribution in [2.24, 2.45) is 5.41 Å². The molecule has 1 saturated heterocycles. The molecule has 1 aliphatic heterocycles. The Kier molecular flexibility index (Phi) is 8.70. The Labute approximate surface area is 220 Å². The Morgan fingerprint density at radius 1 is 1.16 bits per heavy atom. The minimum atomic E-state index is -1.31. The first kappa shape index (κ1) is 28.3. The van der Waals surface area contributed by atoms with Gasteiger partial charge in [-0.1, -0.05) is 45.0 Å². The summed E-state index contributed by atoms with van der Waals surface area (Å²) in [5.74, 6) is -3.06. The summed E-state index contributed by atoms with van der Waals surface area (Å²) in [6, 6.07) is 5.46. The van der Waals surface area contributed by atoms with Crippen LogP contribution in [-0.4, -0.2) is 68.5 Å². The van der Waals surface area contributed by atoms with Gasteiger partial charge in [0, 0.05) is 13.0 Å². The molecular formula is C26H34N4O6S. The Bertz CT molecular complexity index is 1160. The molecule has 0 spiro atoms. The van der Waals surface area contributed by atoms with Crippen LogP contribution >= 0.6 is 11.3 Å². The maximum absolute atomic E-state index is 13.5. The van der Waals surface area contributed by atoms with Gasteiger partial charge in [-0.3, -0.25) is 19.2 Å². The smallest absolute Gasteiger partial charge is 0.312 e. The summed E-state index contributed by atoms with van der Waals surface area (Å²) in [5.41, 5.74) is 3.91. The minimum Gasteiger partial charge on any atom is -0.481 e. The number of benzene rings is 1. The van der Waals surface area contributed by atoms with E-state index in [1.807, 2.05) is 38.1 Å². The molecule has 0 radical (unpaired) electrons. The molecule has 0 saturated carbocycles. The highest BCUT2D eigenvalue weighted by molar-refractivity contribution is 7.13. The van der Waals surface area contributed by atoms with E-state index in [4.69, 9.17) is 5.11 Å². The molecule has 1 fully saturated rings. The number of aryl methyl sites for hydroxylation is 1. The predicted octanol–water partition coefficient (Wildman–Crippen LogP) is 2.26. The van der Waals surface area contributed by atoms with Gasteiger partial charge >= 0.3 is 5.97 Å². The van der Waals surface area contributed by atoms with Gasteiger partial charge in [-0.15, -0.1) is 11.3 Å². The van der Waals surface area contributed by atoms with Gasteiger partial charge in [0.25, 0.3) is 0 Å². The zero-order chi connectivity index (χ0) is 27.5. The van der Waals surface area contributed by atoms with Crippen molar-refractivity contribution in [3.63, 3.8) is 0 Å². The quantitative estimate of drug-likeness (QED) is 0.383. The van der Waals surface area contributed by atoms with E-state index in [-0.39, 0.29) is 19.0 Å². The van der Waals surface area contributed by atoms with E-state index in [2.05, 4.69) is 15.6 Å². The number of aliphatic carboxylic acids is 1. The van der Waals surface area contributed by atoms with E-state index in [1.165, 1.54) is 4.90 Å². The third-order valence-electron chi connectivity index (χ3n) is 6.37. The lowest BCUT2D eigenvalue weighted by Crippen LogP contribution is -2.58. The van der Waals surface area contributed by atoms with E-state index in [9.17, 15) is 24.3 Å². The van der Waals surface area contributed by atoms with E-state index >= 15 is 0 Å². The standard InChI is InChI=1S/C26H34N4O6S/c1-14(16-6-8-17(9-7-16)22-15(2)27-13-37-22)28-24(35)19-10-18(31)12-30(19)25(36)23(26(3,4)5)29-20(32)11-21(33)34/h6-9,13-14,18-19,23,31H,10-12H2,1-5H3,(H,28,35)(H,29,32)(H,33,34)/t14-,18-,19+,23+/m0/s1. The number of aliphatic hydroxyl groups is 1. The third-order valence-corrected chi connectivity index (χ3v) is 7.35. The van der Waals surface area contributed by atoms with Crippen molar-refractivity contribution in [3.8, 4) is 10.4 Å². The number of carbonyl (C=O) groups is 4. The lowest BCUT2D eigenvalue weighted by molar-refractivity contribution is -0.146. The number of β-amino-alcohol motifs (C(OH)–C–C–N with tert-alkyl or cyclic N) is 1. The number of thiazole rings is 1. The lowest BCUT2D eigenvalue weighted by Gasteiger charge is -2.35. The molecule has 4 N–H and O–H groups in total. The molecule has 4 atom stereocenters. The van der Waals surface area contributed by atoms with Gasteiger partial charge < -0.3 is 25.7 Å². The van der Waals surface area contributed by atoms with Crippen molar-refractivity contribution in [2.45, 2.75) is 71.7 Å². The topological polar surface area (TPSA) is 149 Å². The summed E-state index contributed by atoms with van der Waals surface area (Å²) >= 11 is 1.56. The molecule has 2 heterocycles. The van der Waals surface area contributed by atoms with Gasteiger partial charge in [0.2, 0.25) is 17.7 Å². The Hall–Kier alpha value is -3.31. The van der Waals surface area contributed by atoms with Crippen molar-refractivity contribution in [2.75, 3.05) is 6.54 Å². The number of carboxylic acids is 1. The average Bonchev–Trinajstić information content (AvgIpc) is 3.41. The number of carboxylic acid groups (broad SMARTS) is 1. The Balaban J connectivity index is 1.72. The Morgan fingerprint density at radius 3 is 2.35 bits per heavy atom. The maximum Gasteiger partial charge on any atom is 0.312 e. The summed E-state index contributed by atoms with van der Waals surface area (Å²) in [6.45, 7) is 8.93. The van der Waals surface area contributed by atoms with Crippen LogP contribution in [0.5, 0.6) is 0 Å². The number of carbonyl (C=O) groups excluding carboxylic acids is 3. The molecular weight excluding hydrogens is 496 g/mol. The number of aliphatic hydroxyl groups excluding tert-OH is 1. The normalized spacial score (nSPS) is 19.2. The van der Waals surface area contributed by atoms with Crippen LogP contribution in [0.25, 0.3) is 10.4 Å². The summed E-state index contributed by atoms with van der Waals surface area (Å²) in [7, 11) is 0. The SMILES string of the molecule is Cc1ncsc1-c1ccc([C@H](C)NC(=O)[C@H]2C[C@H](O)CN2C(=O)[C@@H](NC(=O)CC(=O)O)C(C)(C)C)cc1. The molecule has 11 heteroatoms. The molecule has 10 nitrogen and oxygen atoms in total. The van der Waals surface area contributed by atoms with Gasteiger partial charge in [-0.2, -0.15) is 0 Å². The van der Waals surface area contributed by atoms with Crippen LogP contribution in [0.1, 0.15) is 57.8 Å². The highest BCUT2D eigenvalue weighted by Gasteiger charge is 2.44. The zero-order valence-electron chi connectivity index (χ0n) is 21.6. The highest BCUT2D eigenvalue weighted by Crippen LogP contribution is 2.29. The molecule has 3 amide bonds. The van der Waals surface area contributed by atoms with Crippen LogP contribution in [0, 0.1) is 12.3 Å². The second-order valence-electron chi connectivity index (χ2n) is 10.5. The number of amides is 3. The molecule has 200 valence electrons. The maximum atomic E-state index is 13.5. The predicted molar refractivity (Wildman–Crippen MR) is 139 cm³/mol. The van der Waals surface area contributed by atoms with Gasteiger partial charge in [0.05, 0.1) is 28.2 Å². The van der Waals surface area contributed by atoms with Crippen LogP contribution in [-0.2, 0) is 19.2 Å². The van der Waals surface area contributed by atoms with Crippen LogP contribution < -0.4 is 10.6 Å². The monoisotopic (exact) mass is 530 g/mol. The average molecular weight is 531 g/mol. The highest BCUT2D eigenvalue weighted by atomic mass is 32.1. The number of aromatic nitrogens is 1. The molecule has 2 aromatic rings. The number of nitrogens with one attached hydrogen (secondary N) is 2. The van der Waals surface area contributed by atoms with Crippen LogP contribution in [0.2, 0.25) is 0 Å². The fraction of sp³-hybridized carbons (Fsp3) is 0.500. The summed E-state index contributed by atoms with van der Waals surface area (Å²) in [4.78, 5) is 56.4. The fourth-order valence-corrected chi connectivity index (χ4v) is 5.18. The van der Waals surface area contributed by atoms with Gasteiger partial charge in [-0.25, -0.2) is 4.98 Å². The second kappa shape index (κ2) is 11.4. The number of likely N-dealkylation sites (tertiary alicyclic amines) is 1. The largest absolute Gasteiger partial charge is 0.481 e. The molecule has 37 heavy (non-hydrogen) atoms. The fourth-order valence-electron chi connectivity index (χ4n) is 4.36. The third kappa shape index (κ3) is 6.92. The molecule has 0 unspecified atom stereocenters. The zero-order valence-corrected chi connectivity index (χ0v) is 22.5. The van der Waals surface area contributed by atoms with Crippen molar-refractivity contribution in [1.29, 1.82) is 0 Å². The van der Waals surface area contributed by atoms with E-state index in [0.717, 1.165) is 21.7 Å². The first-order valence-corrected chi connectivity index (χ1v) is 13.0. The van der Waals surface area contributed by atoms with E-state index < -0.39 is 53.7 Å². The van der Waals surface area contributed by atoms with Crippen LogP contribution in [0.3, 0.4) is 0 Å². The van der Waals surface area contributed by atoms with Crippen molar-refractivity contribution in [3.05, 3.63) is 41.0 Å². The molecule has 1 aliphatic rings. The van der Waals surface area contributed by atoms with Crippen molar-refractivity contribution in [1.82, 2.24) is 20.5 Å². The molecule has 0 aliphatic carbocycles. The second-order valence-corrected chi connectivity index (χ2v) is 11.3. The summed E-state index contributed by atoms with van der Waals surface area (Å²) in [6.07, 6.45) is -1.61. The van der Waals surface area contributed by atoms with Crippen molar-refractivity contribution < 1.29 is 29.4 Å².